The summed E-state index contributed by atoms with van der Waals surface area (Å²) in [5.74, 6) is 0.471. The highest BCUT2D eigenvalue weighted by molar-refractivity contribution is 7.15. The number of hydrogen-bond donors (Lipinski definition) is 3. The Kier molecular flexibility index (Phi) is 5.99. The highest BCUT2D eigenvalue weighted by Crippen LogP contribution is 2.25. The summed E-state index contributed by atoms with van der Waals surface area (Å²) in [7, 11) is 0. The van der Waals surface area contributed by atoms with Crippen LogP contribution >= 0.6 is 34.5 Å². The zero-order valence-corrected chi connectivity index (χ0v) is 18.2. The Hall–Kier alpha value is -2.93. The van der Waals surface area contributed by atoms with E-state index in [0.717, 1.165) is 21.5 Å². The number of aryl methyl sites for hydroxylation is 1. The molecule has 1 heterocycles. The molecule has 4 rings (SSSR count). The maximum atomic E-state index is 8.62. The fourth-order valence-electron chi connectivity index (χ4n) is 2.74. The molecule has 30 heavy (non-hydrogen) atoms. The van der Waals surface area contributed by atoms with Crippen molar-refractivity contribution in [2.24, 2.45) is 5.10 Å². The molecule has 0 saturated heterocycles. The van der Waals surface area contributed by atoms with Crippen molar-refractivity contribution in [2.45, 2.75) is 6.92 Å². The number of benzene rings is 3. The van der Waals surface area contributed by atoms with Gasteiger partial charge in [-0.15, -0.1) is 11.3 Å². The fraction of sp³-hybridized carbons (Fsp3) is 0.0455. The van der Waals surface area contributed by atoms with Gasteiger partial charge in [0.2, 0.25) is 0 Å². The van der Waals surface area contributed by atoms with Crippen LogP contribution in [-0.4, -0.2) is 4.98 Å². The molecule has 0 atom stereocenters. The van der Waals surface area contributed by atoms with E-state index >= 15 is 0 Å². The second-order valence-corrected chi connectivity index (χ2v) is 8.44. The van der Waals surface area contributed by atoms with Crippen LogP contribution in [-0.2, 0) is 0 Å². The topological polar surface area (TPSA) is 73.2 Å². The van der Waals surface area contributed by atoms with E-state index in [1.807, 2.05) is 55.5 Å². The molecule has 3 N–H and O–H groups in total. The lowest BCUT2D eigenvalue weighted by atomic mass is 10.2. The summed E-state index contributed by atoms with van der Waals surface area (Å²) in [6.45, 7) is 2.03. The maximum Gasteiger partial charge on any atom is 0.162 e. The zero-order valence-electron chi connectivity index (χ0n) is 15.9. The average Bonchev–Trinajstić information content (AvgIpc) is 2.85. The van der Waals surface area contributed by atoms with Crippen molar-refractivity contribution in [1.82, 2.24) is 4.98 Å². The number of halogens is 2. The van der Waals surface area contributed by atoms with Crippen molar-refractivity contribution in [1.29, 1.82) is 5.41 Å². The first-order valence-electron chi connectivity index (χ1n) is 9.07. The van der Waals surface area contributed by atoms with Gasteiger partial charge in [0.25, 0.3) is 0 Å². The number of aromatic nitrogens is 1. The molecule has 0 unspecified atom stereocenters. The highest BCUT2D eigenvalue weighted by atomic mass is 35.5. The first-order chi connectivity index (χ1) is 14.5. The van der Waals surface area contributed by atoms with Gasteiger partial charge in [0.1, 0.15) is 4.67 Å². The first-order valence-corrected chi connectivity index (χ1v) is 10.6. The molecule has 150 valence electrons. The second kappa shape index (κ2) is 8.83. The molecule has 1 aromatic heterocycles. The Labute approximate surface area is 187 Å². The minimum absolute atomic E-state index is 0.260. The third-order valence-electron chi connectivity index (χ3n) is 4.28. The standard InChI is InChI=1S/C22H17Cl2N5S/c1-13-6-9-15(10-7-13)26-22-20(29-28-17-11-8-14(23)12-16(17)24)21(25)30-19-5-3-2-4-18(19)27-22/h2-12,25,28H,1H3,(H,26,27)/b25-21?,29-20+. The number of rotatable bonds is 4. The van der Waals surface area contributed by atoms with Crippen LogP contribution in [0.3, 0.4) is 0 Å². The Morgan fingerprint density at radius 2 is 1.77 bits per heavy atom. The number of para-hydroxylation sites is 1. The van der Waals surface area contributed by atoms with Crippen LogP contribution in [0.15, 0.2) is 71.8 Å². The lowest BCUT2D eigenvalue weighted by molar-refractivity contribution is 1.15. The number of nitrogens with zero attached hydrogens (tertiary/aromatic N) is 2. The summed E-state index contributed by atoms with van der Waals surface area (Å²) in [5, 5.41) is 17.7. The van der Waals surface area contributed by atoms with Gasteiger partial charge in [-0.2, -0.15) is 5.10 Å². The molecule has 0 spiro atoms. The Balaban J connectivity index is 1.88. The van der Waals surface area contributed by atoms with Gasteiger partial charge in [0.15, 0.2) is 11.2 Å². The quantitative estimate of drug-likeness (QED) is 0.328. The van der Waals surface area contributed by atoms with Crippen LogP contribution in [0.1, 0.15) is 5.56 Å². The van der Waals surface area contributed by atoms with E-state index in [0.29, 0.717) is 26.9 Å². The van der Waals surface area contributed by atoms with E-state index in [1.165, 1.54) is 11.3 Å². The van der Waals surface area contributed by atoms with Crippen molar-refractivity contribution in [3.8, 4) is 0 Å². The predicted molar refractivity (Wildman–Crippen MR) is 126 cm³/mol. The van der Waals surface area contributed by atoms with Gasteiger partial charge in [0.05, 0.1) is 20.9 Å². The van der Waals surface area contributed by atoms with E-state index in [9.17, 15) is 0 Å². The molecular weight excluding hydrogens is 437 g/mol. The summed E-state index contributed by atoms with van der Waals surface area (Å²) in [5.41, 5.74) is 6.32. The van der Waals surface area contributed by atoms with Crippen LogP contribution in [0.2, 0.25) is 10.0 Å². The van der Waals surface area contributed by atoms with Gasteiger partial charge >= 0.3 is 0 Å². The Morgan fingerprint density at radius 1 is 1.00 bits per heavy atom. The molecular formula is C22H17Cl2N5S. The fourth-order valence-corrected chi connectivity index (χ4v) is 4.01. The highest BCUT2D eigenvalue weighted by Gasteiger charge is 2.06. The lowest BCUT2D eigenvalue weighted by Crippen LogP contribution is -2.25. The van der Waals surface area contributed by atoms with Gasteiger partial charge in [0, 0.05) is 10.7 Å². The molecule has 0 bridgehead atoms. The molecule has 0 amide bonds. The Morgan fingerprint density at radius 3 is 2.53 bits per heavy atom. The number of anilines is 3. The molecule has 3 aromatic carbocycles. The van der Waals surface area contributed by atoms with Crippen LogP contribution in [0.5, 0.6) is 0 Å². The van der Waals surface area contributed by atoms with Gasteiger partial charge in [-0.3, -0.25) is 10.8 Å². The third kappa shape index (κ3) is 4.62. The number of nitrogens with one attached hydrogen (secondary N) is 3. The smallest absolute Gasteiger partial charge is 0.162 e. The summed E-state index contributed by atoms with van der Waals surface area (Å²) in [6, 6.07) is 20.7. The van der Waals surface area contributed by atoms with Crippen molar-refractivity contribution in [2.75, 3.05) is 10.7 Å². The average molecular weight is 454 g/mol. The molecule has 5 nitrogen and oxygen atoms in total. The van der Waals surface area contributed by atoms with Crippen LogP contribution in [0.25, 0.3) is 10.2 Å². The minimum atomic E-state index is 0.260. The zero-order chi connectivity index (χ0) is 21.1. The van der Waals surface area contributed by atoms with Crippen LogP contribution < -0.4 is 20.8 Å². The molecule has 0 aliphatic rings. The van der Waals surface area contributed by atoms with E-state index in [1.54, 1.807) is 18.2 Å². The first kappa shape index (κ1) is 20.3. The molecule has 0 radical (unpaired) electrons. The molecule has 8 heteroatoms. The predicted octanol–water partition coefficient (Wildman–Crippen LogP) is 6.06. The van der Waals surface area contributed by atoms with E-state index in [4.69, 9.17) is 33.6 Å². The second-order valence-electron chi connectivity index (χ2n) is 6.55. The molecule has 0 aliphatic heterocycles. The SMILES string of the molecule is Cc1ccc(Nc2nc3ccccc3sc(=N)/c2=N\Nc2ccc(Cl)cc2Cl)cc1. The van der Waals surface area contributed by atoms with Gasteiger partial charge in [-0.05, 0) is 49.4 Å². The monoisotopic (exact) mass is 453 g/mol. The summed E-state index contributed by atoms with van der Waals surface area (Å²) >= 11 is 13.5. The maximum absolute atomic E-state index is 8.62. The van der Waals surface area contributed by atoms with Gasteiger partial charge in [-0.1, -0.05) is 53.0 Å². The molecule has 0 fully saturated rings. The largest absolute Gasteiger partial charge is 0.338 e. The van der Waals surface area contributed by atoms with Crippen molar-refractivity contribution < 1.29 is 0 Å². The molecule has 0 saturated carbocycles. The number of hydrogen-bond acceptors (Lipinski definition) is 6. The van der Waals surface area contributed by atoms with Crippen molar-refractivity contribution in [3.63, 3.8) is 0 Å². The minimum Gasteiger partial charge on any atom is -0.338 e. The van der Waals surface area contributed by atoms with Gasteiger partial charge < -0.3 is 5.32 Å². The number of fused-ring (bicyclic) bond motifs is 1. The van der Waals surface area contributed by atoms with E-state index in [-0.39, 0.29) is 4.67 Å². The summed E-state index contributed by atoms with van der Waals surface area (Å²) < 4.78 is 1.15. The van der Waals surface area contributed by atoms with E-state index < -0.39 is 0 Å². The van der Waals surface area contributed by atoms with Crippen LogP contribution in [0, 0.1) is 12.3 Å². The third-order valence-corrected chi connectivity index (χ3v) is 5.79. The van der Waals surface area contributed by atoms with E-state index in [2.05, 4.69) is 15.8 Å². The van der Waals surface area contributed by atoms with Gasteiger partial charge in [-0.25, -0.2) is 4.98 Å². The van der Waals surface area contributed by atoms with Crippen molar-refractivity contribution >= 4 is 61.9 Å². The van der Waals surface area contributed by atoms with Crippen LogP contribution in [0.4, 0.5) is 17.2 Å². The normalized spacial score (nSPS) is 11.5. The summed E-state index contributed by atoms with van der Waals surface area (Å²) in [4.78, 5) is 4.76. The van der Waals surface area contributed by atoms with Crippen molar-refractivity contribution in [3.05, 3.63) is 92.4 Å². The molecule has 0 aliphatic carbocycles. The molecule has 4 aromatic rings. The summed E-state index contributed by atoms with van der Waals surface area (Å²) in [6.07, 6.45) is 0. The lowest BCUT2D eigenvalue weighted by Gasteiger charge is -2.06. The Bertz CT molecular complexity index is 1350.